The van der Waals surface area contributed by atoms with Crippen LogP contribution in [0.2, 0.25) is 0 Å². The van der Waals surface area contributed by atoms with Crippen LogP contribution in [0.1, 0.15) is 47.0 Å². The fourth-order valence-electron chi connectivity index (χ4n) is 2.42. The Morgan fingerprint density at radius 2 is 1.93 bits per heavy atom. The van der Waals surface area contributed by atoms with Crippen molar-refractivity contribution in [1.82, 2.24) is 10.2 Å². The minimum Gasteiger partial charge on any atom is -0.311 e. The average molecular weight is 212 g/mol. The predicted octanol–water partition coefficient (Wildman–Crippen LogP) is 2.49. The summed E-state index contributed by atoms with van der Waals surface area (Å²) in [6.45, 7) is 13.1. The molecule has 2 nitrogen and oxygen atoms in total. The molecule has 0 aromatic rings. The van der Waals surface area contributed by atoms with E-state index in [1.54, 1.807) is 0 Å². The van der Waals surface area contributed by atoms with E-state index in [0.717, 1.165) is 12.0 Å². The van der Waals surface area contributed by atoms with Crippen LogP contribution in [0.3, 0.4) is 0 Å². The summed E-state index contributed by atoms with van der Waals surface area (Å²) in [6, 6.07) is 1.42. The summed E-state index contributed by atoms with van der Waals surface area (Å²) < 4.78 is 0. The van der Waals surface area contributed by atoms with Crippen LogP contribution in [0.5, 0.6) is 0 Å². The number of nitrogens with one attached hydrogen (secondary N) is 1. The lowest BCUT2D eigenvalue weighted by molar-refractivity contribution is 0.195. The first-order chi connectivity index (χ1) is 7.11. The Balaban J connectivity index is 2.41. The van der Waals surface area contributed by atoms with Gasteiger partial charge in [-0.05, 0) is 45.2 Å². The van der Waals surface area contributed by atoms with Gasteiger partial charge in [-0.3, -0.25) is 0 Å². The van der Waals surface area contributed by atoms with Gasteiger partial charge in [-0.25, -0.2) is 0 Å². The lowest BCUT2D eigenvalue weighted by Gasteiger charge is -2.32. The minimum atomic E-state index is 0.685. The lowest BCUT2D eigenvalue weighted by Crippen LogP contribution is -2.44. The van der Waals surface area contributed by atoms with Crippen molar-refractivity contribution in [2.75, 3.05) is 19.6 Å². The van der Waals surface area contributed by atoms with Crippen LogP contribution in [-0.4, -0.2) is 36.6 Å². The Bertz CT molecular complexity index is 168. The van der Waals surface area contributed by atoms with Gasteiger partial charge in [0.05, 0.1) is 0 Å². The molecule has 0 spiro atoms. The summed E-state index contributed by atoms with van der Waals surface area (Å²) >= 11 is 0. The smallest absolute Gasteiger partial charge is 0.00790 e. The van der Waals surface area contributed by atoms with Crippen molar-refractivity contribution in [2.24, 2.45) is 5.92 Å². The summed E-state index contributed by atoms with van der Waals surface area (Å²) in [5.74, 6) is 0.799. The number of hydrogen-bond acceptors (Lipinski definition) is 2. The van der Waals surface area contributed by atoms with Crippen molar-refractivity contribution in [3.63, 3.8) is 0 Å². The molecule has 2 atom stereocenters. The average Bonchev–Trinajstić information content (AvgIpc) is 2.16. The highest BCUT2D eigenvalue weighted by atomic mass is 15.1. The maximum Gasteiger partial charge on any atom is 0.00790 e. The zero-order valence-electron chi connectivity index (χ0n) is 10.9. The molecule has 0 aliphatic carbocycles. The molecule has 0 radical (unpaired) electrons. The Morgan fingerprint density at radius 1 is 1.27 bits per heavy atom. The molecular weight excluding hydrogens is 184 g/mol. The molecule has 0 bridgehead atoms. The topological polar surface area (TPSA) is 15.3 Å². The van der Waals surface area contributed by atoms with E-state index in [1.165, 1.54) is 38.9 Å². The van der Waals surface area contributed by atoms with Crippen LogP contribution >= 0.6 is 0 Å². The molecule has 1 heterocycles. The third-order valence-electron chi connectivity index (χ3n) is 3.31. The molecule has 2 heteroatoms. The van der Waals surface area contributed by atoms with Crippen LogP contribution in [0, 0.1) is 5.92 Å². The summed E-state index contributed by atoms with van der Waals surface area (Å²) in [7, 11) is 0. The van der Waals surface area contributed by atoms with E-state index in [0.29, 0.717) is 6.04 Å². The van der Waals surface area contributed by atoms with Gasteiger partial charge in [-0.2, -0.15) is 0 Å². The quantitative estimate of drug-likeness (QED) is 0.773. The van der Waals surface area contributed by atoms with E-state index in [2.05, 4.69) is 37.9 Å². The largest absolute Gasteiger partial charge is 0.311 e. The first kappa shape index (κ1) is 13.0. The van der Waals surface area contributed by atoms with Crippen molar-refractivity contribution in [3.05, 3.63) is 0 Å². The minimum absolute atomic E-state index is 0.685. The predicted molar refractivity (Wildman–Crippen MR) is 67.2 cm³/mol. The second-order valence-electron chi connectivity index (χ2n) is 5.44. The number of hydrogen-bond donors (Lipinski definition) is 1. The van der Waals surface area contributed by atoms with Gasteiger partial charge in [-0.15, -0.1) is 0 Å². The highest BCUT2D eigenvalue weighted by Gasteiger charge is 2.17. The van der Waals surface area contributed by atoms with Crippen molar-refractivity contribution in [1.29, 1.82) is 0 Å². The Labute approximate surface area is 95.4 Å². The summed E-state index contributed by atoms with van der Waals surface area (Å²) in [5.41, 5.74) is 0. The standard InChI is InChI=1S/C13H28N2/c1-5-13-7-9-15(10-11(2)3)8-6-12(4)14-13/h11-14H,5-10H2,1-4H3. The van der Waals surface area contributed by atoms with E-state index in [4.69, 9.17) is 0 Å². The molecule has 1 fully saturated rings. The molecule has 1 aliphatic heterocycles. The van der Waals surface area contributed by atoms with Gasteiger partial charge in [0, 0.05) is 18.6 Å². The Morgan fingerprint density at radius 3 is 2.53 bits per heavy atom. The van der Waals surface area contributed by atoms with E-state index >= 15 is 0 Å². The molecule has 0 aromatic heterocycles. The molecule has 90 valence electrons. The second-order valence-corrected chi connectivity index (χ2v) is 5.44. The second kappa shape index (κ2) is 6.49. The van der Waals surface area contributed by atoms with Gasteiger partial charge in [0.25, 0.3) is 0 Å². The third-order valence-corrected chi connectivity index (χ3v) is 3.31. The van der Waals surface area contributed by atoms with E-state index in [9.17, 15) is 0 Å². The van der Waals surface area contributed by atoms with Crippen molar-refractivity contribution in [2.45, 2.75) is 59.0 Å². The highest BCUT2D eigenvalue weighted by Crippen LogP contribution is 2.10. The first-order valence-corrected chi connectivity index (χ1v) is 6.60. The van der Waals surface area contributed by atoms with Gasteiger partial charge < -0.3 is 10.2 Å². The van der Waals surface area contributed by atoms with Gasteiger partial charge in [0.2, 0.25) is 0 Å². The first-order valence-electron chi connectivity index (χ1n) is 6.60. The van der Waals surface area contributed by atoms with Crippen LogP contribution in [0.4, 0.5) is 0 Å². The van der Waals surface area contributed by atoms with Crippen molar-refractivity contribution in [3.8, 4) is 0 Å². The summed E-state index contributed by atoms with van der Waals surface area (Å²) in [5, 5.41) is 3.72. The van der Waals surface area contributed by atoms with Gasteiger partial charge in [0.1, 0.15) is 0 Å². The molecular formula is C13H28N2. The Hall–Kier alpha value is -0.0800. The molecule has 1 rings (SSSR count). The van der Waals surface area contributed by atoms with E-state index in [1.807, 2.05) is 0 Å². The SMILES string of the molecule is CCC1CCN(CC(C)C)CCC(C)N1. The third kappa shape index (κ3) is 4.98. The van der Waals surface area contributed by atoms with Crippen LogP contribution in [0.15, 0.2) is 0 Å². The maximum atomic E-state index is 3.72. The molecule has 15 heavy (non-hydrogen) atoms. The zero-order chi connectivity index (χ0) is 11.3. The highest BCUT2D eigenvalue weighted by molar-refractivity contribution is 4.77. The number of nitrogens with zero attached hydrogens (tertiary/aromatic N) is 1. The summed E-state index contributed by atoms with van der Waals surface area (Å²) in [6.07, 6.45) is 3.87. The monoisotopic (exact) mass is 212 g/mol. The van der Waals surface area contributed by atoms with E-state index < -0.39 is 0 Å². The Kier molecular flexibility index (Phi) is 5.62. The summed E-state index contributed by atoms with van der Waals surface area (Å²) in [4.78, 5) is 2.64. The van der Waals surface area contributed by atoms with Gasteiger partial charge >= 0.3 is 0 Å². The molecule has 1 saturated heterocycles. The lowest BCUT2D eigenvalue weighted by atomic mass is 10.0. The van der Waals surface area contributed by atoms with Crippen LogP contribution < -0.4 is 5.32 Å². The van der Waals surface area contributed by atoms with E-state index in [-0.39, 0.29) is 0 Å². The van der Waals surface area contributed by atoms with Gasteiger partial charge in [-0.1, -0.05) is 20.8 Å². The van der Waals surface area contributed by atoms with Crippen molar-refractivity contribution >= 4 is 0 Å². The normalized spacial score (nSPS) is 30.2. The molecule has 2 unspecified atom stereocenters. The molecule has 1 aliphatic rings. The number of rotatable bonds is 3. The van der Waals surface area contributed by atoms with Gasteiger partial charge in [0.15, 0.2) is 0 Å². The fourth-order valence-corrected chi connectivity index (χ4v) is 2.42. The molecule has 0 saturated carbocycles. The fraction of sp³-hybridized carbons (Fsp3) is 1.00. The van der Waals surface area contributed by atoms with Crippen LogP contribution in [0.25, 0.3) is 0 Å². The zero-order valence-corrected chi connectivity index (χ0v) is 10.9. The molecule has 1 N–H and O–H groups in total. The van der Waals surface area contributed by atoms with Crippen LogP contribution in [-0.2, 0) is 0 Å². The molecule has 0 aromatic carbocycles. The van der Waals surface area contributed by atoms with Crippen molar-refractivity contribution < 1.29 is 0 Å². The molecule has 0 amide bonds. The maximum absolute atomic E-state index is 3.72.